The molecule has 0 aromatic carbocycles. The third-order valence-electron chi connectivity index (χ3n) is 2.66. The van der Waals surface area contributed by atoms with Gasteiger partial charge in [0.25, 0.3) is 0 Å². The van der Waals surface area contributed by atoms with E-state index in [0.29, 0.717) is 0 Å². The Hall–Kier alpha value is 0.537. The second-order valence-corrected chi connectivity index (χ2v) is 4.65. The summed E-state index contributed by atoms with van der Waals surface area (Å²) in [6.45, 7) is 6.12. The molecule has 0 spiro atoms. The van der Waals surface area contributed by atoms with Crippen LogP contribution in [-0.2, 0) is 9.59 Å². The van der Waals surface area contributed by atoms with Gasteiger partial charge in [0.1, 0.15) is 6.42 Å². The number of rotatable bonds is 11. The van der Waals surface area contributed by atoms with Gasteiger partial charge in [0.05, 0.1) is 0 Å². The molecule has 6 heteroatoms. The fourth-order valence-corrected chi connectivity index (χ4v) is 1.62. The second-order valence-electron chi connectivity index (χ2n) is 4.65. The fourth-order valence-electron chi connectivity index (χ4n) is 1.62. The number of unbranched alkanes of at least 4 members (excludes halogenated alkanes) is 9. The first kappa shape index (κ1) is 29.5. The van der Waals surface area contributed by atoms with Crippen LogP contribution < -0.4 is 48.4 Å². The molecule has 0 aliphatic heterocycles. The monoisotopic (exact) mass is 304 g/mol. The summed E-state index contributed by atoms with van der Waals surface area (Å²) in [5.74, 6) is -2.62. The van der Waals surface area contributed by atoms with E-state index < -0.39 is 18.4 Å². The molecule has 0 fully saturated rings. The summed E-state index contributed by atoms with van der Waals surface area (Å²) in [7, 11) is 0. The molecule has 0 amide bonds. The van der Waals surface area contributed by atoms with Gasteiger partial charge in [0, 0.05) is 0 Å². The van der Waals surface area contributed by atoms with E-state index >= 15 is 0 Å². The molecular weight excluding hydrogens is 274 g/mol. The summed E-state index contributed by atoms with van der Waals surface area (Å²) in [4.78, 5) is 18.9. The quantitative estimate of drug-likeness (QED) is 0.209. The second kappa shape index (κ2) is 25.5. The van der Waals surface area contributed by atoms with Crippen molar-refractivity contribution in [1.82, 2.24) is 0 Å². The van der Waals surface area contributed by atoms with Crippen LogP contribution in [0.2, 0.25) is 0 Å². The Kier molecular flexibility index (Phi) is 35.8. The van der Waals surface area contributed by atoms with Crippen LogP contribution >= 0.6 is 0 Å². The van der Waals surface area contributed by atoms with E-state index in [0.717, 1.165) is 6.42 Å². The van der Waals surface area contributed by atoms with E-state index in [-0.39, 0.29) is 49.8 Å². The standard InChI is InChI=1S/C12H25.C3H4O4.Li.Na.H/c1-3-5-7-9-11-12-10-8-6-4-2;4-2(5)1-3(6)7;;;/h1,3-12H2,2H3;1H2,(H,4,5)(H,6,7);;;/q-1;;2*+1;-1. The van der Waals surface area contributed by atoms with Gasteiger partial charge in [0.15, 0.2) is 0 Å². The molecule has 0 aromatic rings. The van der Waals surface area contributed by atoms with Crippen molar-refractivity contribution in [3.63, 3.8) is 0 Å². The first-order chi connectivity index (χ1) is 9.04. The molecule has 21 heavy (non-hydrogen) atoms. The average molecular weight is 304 g/mol. The molecule has 0 saturated heterocycles. The number of carboxylic acids is 2. The van der Waals surface area contributed by atoms with Crippen LogP contribution in [0.15, 0.2) is 0 Å². The van der Waals surface area contributed by atoms with Crippen molar-refractivity contribution in [2.24, 2.45) is 0 Å². The molecule has 0 saturated carbocycles. The summed E-state index contributed by atoms with van der Waals surface area (Å²) in [5, 5.41) is 15.4. The van der Waals surface area contributed by atoms with E-state index in [1.807, 2.05) is 0 Å². The van der Waals surface area contributed by atoms with Crippen LogP contribution in [0, 0.1) is 6.92 Å². The Morgan fingerprint density at radius 3 is 1.43 bits per heavy atom. The van der Waals surface area contributed by atoms with Crippen LogP contribution in [-0.4, -0.2) is 22.2 Å². The number of carbonyl (C=O) groups is 2. The van der Waals surface area contributed by atoms with E-state index in [9.17, 15) is 9.59 Å². The van der Waals surface area contributed by atoms with Crippen LogP contribution in [0.4, 0.5) is 0 Å². The van der Waals surface area contributed by atoms with Crippen molar-refractivity contribution >= 4 is 11.9 Å². The smallest absolute Gasteiger partial charge is 1.00 e. The van der Waals surface area contributed by atoms with E-state index in [1.165, 1.54) is 57.8 Å². The van der Waals surface area contributed by atoms with Gasteiger partial charge >= 0.3 is 60.4 Å². The molecule has 0 aromatic heterocycles. The van der Waals surface area contributed by atoms with Gasteiger partial charge in [0.2, 0.25) is 0 Å². The molecule has 4 nitrogen and oxygen atoms in total. The van der Waals surface area contributed by atoms with Crippen molar-refractivity contribution in [3.8, 4) is 0 Å². The Morgan fingerprint density at radius 2 is 1.19 bits per heavy atom. The Balaban J connectivity index is -0.0000000850. The zero-order chi connectivity index (χ0) is 14.9. The molecule has 0 atom stereocenters. The van der Waals surface area contributed by atoms with Crippen molar-refractivity contribution in [3.05, 3.63) is 6.92 Å². The minimum absolute atomic E-state index is 0. The number of hydrogen-bond acceptors (Lipinski definition) is 2. The first-order valence-corrected chi connectivity index (χ1v) is 7.27. The minimum Gasteiger partial charge on any atom is -1.00 e. The Morgan fingerprint density at radius 1 is 0.857 bits per heavy atom. The number of aliphatic carboxylic acids is 2. The predicted octanol–water partition coefficient (Wildman–Crippen LogP) is -1.59. The van der Waals surface area contributed by atoms with Gasteiger partial charge in [-0.15, -0.1) is 0 Å². The average Bonchev–Trinajstić information content (AvgIpc) is 2.32. The molecule has 0 heterocycles. The van der Waals surface area contributed by atoms with E-state index in [4.69, 9.17) is 10.2 Å². The van der Waals surface area contributed by atoms with Crippen LogP contribution in [0.3, 0.4) is 0 Å². The van der Waals surface area contributed by atoms with Gasteiger partial charge in [-0.3, -0.25) is 9.59 Å². The van der Waals surface area contributed by atoms with Gasteiger partial charge < -0.3 is 18.6 Å². The summed E-state index contributed by atoms with van der Waals surface area (Å²) >= 11 is 0. The first-order valence-electron chi connectivity index (χ1n) is 7.27. The van der Waals surface area contributed by atoms with Crippen LogP contribution in [0.5, 0.6) is 0 Å². The molecule has 2 N–H and O–H groups in total. The summed E-state index contributed by atoms with van der Waals surface area (Å²) < 4.78 is 0. The largest absolute Gasteiger partial charge is 1.00 e. The summed E-state index contributed by atoms with van der Waals surface area (Å²) in [6.07, 6.45) is 13.1. The molecular formula is C15H30LiNaO4. The van der Waals surface area contributed by atoms with Crippen molar-refractivity contribution in [2.45, 2.75) is 77.6 Å². The van der Waals surface area contributed by atoms with Gasteiger partial charge in [-0.25, -0.2) is 0 Å². The molecule has 0 unspecified atom stereocenters. The molecule has 0 aliphatic rings. The number of carboxylic acid groups (broad SMARTS) is 2. The normalized spacial score (nSPS) is 8.67. The van der Waals surface area contributed by atoms with Crippen molar-refractivity contribution in [1.29, 1.82) is 0 Å². The SMILES string of the molecule is O=C(O)CC(=O)O.[CH2-]CCCCCCCCCCC.[H-].[Li+].[Na+]. The zero-order valence-electron chi connectivity index (χ0n) is 15.2. The molecule has 0 bridgehead atoms. The van der Waals surface area contributed by atoms with Crippen LogP contribution in [0.25, 0.3) is 0 Å². The van der Waals surface area contributed by atoms with Crippen molar-refractivity contribution in [2.75, 3.05) is 0 Å². The molecule has 116 valence electrons. The van der Waals surface area contributed by atoms with Gasteiger partial charge in [-0.05, 0) is 0 Å². The van der Waals surface area contributed by atoms with E-state index in [2.05, 4.69) is 13.8 Å². The van der Waals surface area contributed by atoms with Crippen molar-refractivity contribution < 1.29 is 69.6 Å². The number of hydrogen-bond donors (Lipinski definition) is 2. The fraction of sp³-hybridized carbons (Fsp3) is 0.800. The van der Waals surface area contributed by atoms with Gasteiger partial charge in [-0.2, -0.15) is 6.42 Å². The molecule has 0 aliphatic carbocycles. The topological polar surface area (TPSA) is 74.6 Å². The maximum Gasteiger partial charge on any atom is 1.00 e. The minimum atomic E-state index is -1.31. The third kappa shape index (κ3) is 38.5. The zero-order valence-corrected chi connectivity index (χ0v) is 16.2. The maximum absolute atomic E-state index is 9.43. The summed E-state index contributed by atoms with van der Waals surface area (Å²) in [6, 6.07) is 0. The van der Waals surface area contributed by atoms with E-state index in [1.54, 1.807) is 0 Å². The van der Waals surface area contributed by atoms with Crippen LogP contribution in [0.1, 0.15) is 79.0 Å². The third-order valence-corrected chi connectivity index (χ3v) is 2.66. The Labute approximate surface area is 165 Å². The van der Waals surface area contributed by atoms with Gasteiger partial charge in [-0.1, -0.05) is 64.7 Å². The molecule has 0 rings (SSSR count). The maximum atomic E-state index is 9.43. The Bertz CT molecular complexity index is 210. The molecule has 0 radical (unpaired) electrons. The predicted molar refractivity (Wildman–Crippen MR) is 78.2 cm³/mol. The summed E-state index contributed by atoms with van der Waals surface area (Å²) in [5.41, 5.74) is 0.